The van der Waals surface area contributed by atoms with Gasteiger partial charge in [0.1, 0.15) is 5.58 Å². The third kappa shape index (κ3) is 2.30. The summed E-state index contributed by atoms with van der Waals surface area (Å²) in [6.07, 6.45) is 0. The Labute approximate surface area is 109 Å². The number of benzene rings is 2. The molecule has 18 heavy (non-hydrogen) atoms. The third-order valence-electron chi connectivity index (χ3n) is 2.90. The second-order valence-corrected chi connectivity index (χ2v) is 6.27. The van der Waals surface area contributed by atoms with E-state index in [1.807, 2.05) is 0 Å². The summed E-state index contributed by atoms with van der Waals surface area (Å²) >= 11 is 0. The smallest absolute Gasteiger partial charge is 0.129 e. The van der Waals surface area contributed by atoms with Gasteiger partial charge in [0.25, 0.3) is 0 Å². The molecule has 2 aromatic rings. The Morgan fingerprint density at radius 3 is 1.83 bits per heavy atom. The van der Waals surface area contributed by atoms with Crippen molar-refractivity contribution in [3.63, 3.8) is 0 Å². The van der Waals surface area contributed by atoms with Gasteiger partial charge in [-0.15, -0.1) is 0 Å². The summed E-state index contributed by atoms with van der Waals surface area (Å²) in [4.78, 5) is 4.62. The molecule has 3 heteroatoms. The van der Waals surface area contributed by atoms with Gasteiger partial charge in [-0.05, 0) is 10.6 Å². The maximum absolute atomic E-state index is 4.62. The second kappa shape index (κ2) is 5.32. The van der Waals surface area contributed by atoms with E-state index < -0.39 is 7.92 Å². The lowest BCUT2D eigenvalue weighted by molar-refractivity contribution is 0.963. The van der Waals surface area contributed by atoms with Crippen LogP contribution in [-0.4, -0.2) is 18.7 Å². The van der Waals surface area contributed by atoms with Gasteiger partial charge in [-0.3, -0.25) is 4.99 Å². The van der Waals surface area contributed by atoms with Crippen LogP contribution in [-0.2, 0) is 0 Å². The molecule has 3 rings (SSSR count). The van der Waals surface area contributed by atoms with Crippen molar-refractivity contribution in [3.05, 3.63) is 60.7 Å². The van der Waals surface area contributed by atoms with Crippen LogP contribution in [0, 0.1) is 0 Å². The van der Waals surface area contributed by atoms with Crippen molar-refractivity contribution in [2.24, 2.45) is 4.99 Å². The van der Waals surface area contributed by atoms with Crippen LogP contribution in [0.15, 0.2) is 65.7 Å². The van der Waals surface area contributed by atoms with Gasteiger partial charge in [-0.2, -0.15) is 0 Å². The Morgan fingerprint density at radius 1 is 0.833 bits per heavy atom. The number of hydrogen-bond donors (Lipinski definition) is 1. The number of aliphatic imine (C=N–C) groups is 1. The maximum atomic E-state index is 4.62. The first-order chi connectivity index (χ1) is 8.95. The van der Waals surface area contributed by atoms with Gasteiger partial charge in [-0.25, -0.2) is 0 Å². The monoisotopic (exact) mass is 254 g/mol. The molecule has 2 aromatic carbocycles. The average molecular weight is 254 g/mol. The fraction of sp³-hybridized carbons (Fsp3) is 0.133. The van der Waals surface area contributed by atoms with Crippen molar-refractivity contribution in [2.75, 3.05) is 13.1 Å². The molecular formula is C15H15N2P. The highest BCUT2D eigenvalue weighted by Gasteiger charge is 2.21. The van der Waals surface area contributed by atoms with Crippen molar-refractivity contribution < 1.29 is 0 Å². The van der Waals surface area contributed by atoms with Crippen LogP contribution in [0.1, 0.15) is 0 Å². The van der Waals surface area contributed by atoms with Crippen LogP contribution in [0.2, 0.25) is 0 Å². The summed E-state index contributed by atoms with van der Waals surface area (Å²) in [6, 6.07) is 21.3. The van der Waals surface area contributed by atoms with Crippen LogP contribution in [0.5, 0.6) is 0 Å². The molecule has 1 N–H and O–H groups in total. The topological polar surface area (TPSA) is 24.4 Å². The number of nitrogens with one attached hydrogen (secondary N) is 1. The first-order valence-corrected chi connectivity index (χ1v) is 7.48. The van der Waals surface area contributed by atoms with Crippen LogP contribution in [0.3, 0.4) is 0 Å². The van der Waals surface area contributed by atoms with Gasteiger partial charge >= 0.3 is 0 Å². The Kier molecular flexibility index (Phi) is 3.38. The van der Waals surface area contributed by atoms with E-state index in [0.29, 0.717) is 0 Å². The highest BCUT2D eigenvalue weighted by Crippen LogP contribution is 2.35. The highest BCUT2D eigenvalue weighted by atomic mass is 31.1. The minimum absolute atomic E-state index is 0.513. The fourth-order valence-electron chi connectivity index (χ4n) is 2.08. The number of rotatable bonds is 3. The second-order valence-electron chi connectivity index (χ2n) is 4.14. The normalized spacial score (nSPS) is 14.4. The SMILES string of the molecule is c1ccc(P(C2=NCCN2)c2ccccc2)cc1. The molecule has 0 saturated carbocycles. The lowest BCUT2D eigenvalue weighted by Crippen LogP contribution is -2.26. The van der Waals surface area contributed by atoms with Crippen molar-refractivity contribution in [1.29, 1.82) is 0 Å². The van der Waals surface area contributed by atoms with Gasteiger partial charge in [0.15, 0.2) is 0 Å². The largest absolute Gasteiger partial charge is 0.368 e. The summed E-state index contributed by atoms with van der Waals surface area (Å²) in [5.41, 5.74) is 1.16. The zero-order chi connectivity index (χ0) is 12.2. The van der Waals surface area contributed by atoms with E-state index in [1.54, 1.807) is 0 Å². The standard InChI is InChI=1S/C15H15N2P/c1-3-7-13(8-4-1)18(15-16-11-12-17-15)14-9-5-2-6-10-14/h1-10H,11-12H2,(H,16,17). The highest BCUT2D eigenvalue weighted by molar-refractivity contribution is 7.88. The van der Waals surface area contributed by atoms with Gasteiger partial charge < -0.3 is 5.32 Å². The number of amidine groups is 1. The minimum Gasteiger partial charge on any atom is -0.368 e. The van der Waals surface area contributed by atoms with Crippen LogP contribution in [0.25, 0.3) is 0 Å². The van der Waals surface area contributed by atoms with E-state index >= 15 is 0 Å². The first-order valence-electron chi connectivity index (χ1n) is 6.14. The molecule has 0 saturated heterocycles. The van der Waals surface area contributed by atoms with Crippen molar-refractivity contribution >= 4 is 24.1 Å². The Morgan fingerprint density at radius 2 is 1.39 bits per heavy atom. The third-order valence-corrected chi connectivity index (χ3v) is 5.25. The lowest BCUT2D eigenvalue weighted by atomic mass is 10.4. The Balaban J connectivity index is 2.04. The van der Waals surface area contributed by atoms with E-state index in [2.05, 4.69) is 71.0 Å². The average Bonchev–Trinajstić information content (AvgIpc) is 2.95. The zero-order valence-corrected chi connectivity index (χ0v) is 11.0. The van der Waals surface area contributed by atoms with E-state index in [4.69, 9.17) is 0 Å². The molecule has 0 amide bonds. The number of nitrogens with zero attached hydrogens (tertiary/aromatic N) is 1. The molecule has 90 valence electrons. The molecule has 0 aliphatic carbocycles. The summed E-state index contributed by atoms with van der Waals surface area (Å²) in [7, 11) is -0.513. The summed E-state index contributed by atoms with van der Waals surface area (Å²) in [5.74, 6) is 0. The minimum atomic E-state index is -0.513. The van der Waals surface area contributed by atoms with Crippen LogP contribution < -0.4 is 15.9 Å². The Bertz CT molecular complexity index is 497. The summed E-state index contributed by atoms with van der Waals surface area (Å²) in [6.45, 7) is 1.86. The molecule has 0 radical (unpaired) electrons. The van der Waals surface area contributed by atoms with E-state index in [9.17, 15) is 0 Å². The molecule has 1 heterocycles. The first kappa shape index (κ1) is 11.4. The van der Waals surface area contributed by atoms with E-state index in [1.165, 1.54) is 10.6 Å². The fourth-order valence-corrected chi connectivity index (χ4v) is 4.32. The molecular weight excluding hydrogens is 239 g/mol. The van der Waals surface area contributed by atoms with Gasteiger partial charge in [0, 0.05) is 14.5 Å². The van der Waals surface area contributed by atoms with Crippen LogP contribution in [0.4, 0.5) is 0 Å². The summed E-state index contributed by atoms with van der Waals surface area (Å²) < 4.78 is 0. The van der Waals surface area contributed by atoms with E-state index in [0.717, 1.165) is 18.7 Å². The number of hydrogen-bond acceptors (Lipinski definition) is 2. The molecule has 0 aromatic heterocycles. The molecule has 0 bridgehead atoms. The van der Waals surface area contributed by atoms with Crippen LogP contribution >= 0.6 is 7.92 Å². The quantitative estimate of drug-likeness (QED) is 0.833. The molecule has 0 spiro atoms. The zero-order valence-electron chi connectivity index (χ0n) is 10.1. The molecule has 0 atom stereocenters. The molecule has 1 aliphatic heterocycles. The maximum Gasteiger partial charge on any atom is 0.129 e. The van der Waals surface area contributed by atoms with Gasteiger partial charge in [0.05, 0.1) is 6.54 Å². The molecule has 0 unspecified atom stereocenters. The Hall–Kier alpha value is -1.66. The van der Waals surface area contributed by atoms with Crippen molar-refractivity contribution in [1.82, 2.24) is 5.32 Å². The molecule has 2 nitrogen and oxygen atoms in total. The van der Waals surface area contributed by atoms with Crippen molar-refractivity contribution in [3.8, 4) is 0 Å². The molecule has 1 aliphatic rings. The van der Waals surface area contributed by atoms with E-state index in [-0.39, 0.29) is 0 Å². The predicted molar refractivity (Wildman–Crippen MR) is 79.4 cm³/mol. The van der Waals surface area contributed by atoms with Gasteiger partial charge in [0.2, 0.25) is 0 Å². The lowest BCUT2D eigenvalue weighted by Gasteiger charge is -2.18. The molecule has 0 fully saturated rings. The van der Waals surface area contributed by atoms with Gasteiger partial charge in [-0.1, -0.05) is 60.7 Å². The predicted octanol–water partition coefficient (Wildman–Crippen LogP) is 2.08. The summed E-state index contributed by atoms with van der Waals surface area (Å²) in [5, 5.41) is 6.14. The van der Waals surface area contributed by atoms with Crippen molar-refractivity contribution in [2.45, 2.75) is 0 Å².